The smallest absolute Gasteiger partial charge is 0.292 e. The molecular weight excluding hydrogens is 338 g/mol. The van der Waals surface area contributed by atoms with Gasteiger partial charge >= 0.3 is 0 Å². The molecule has 1 aromatic carbocycles. The van der Waals surface area contributed by atoms with E-state index in [1.165, 1.54) is 25.3 Å². The van der Waals surface area contributed by atoms with Crippen LogP contribution in [0.15, 0.2) is 24.3 Å². The van der Waals surface area contributed by atoms with E-state index in [-0.39, 0.29) is 22.1 Å². The lowest BCUT2D eigenvalue weighted by molar-refractivity contribution is -0.383. The molecule has 4 aliphatic rings. The molecule has 4 fully saturated rings. The summed E-state index contributed by atoms with van der Waals surface area (Å²) in [5.74, 6) is 2.01. The molecule has 0 aromatic heterocycles. The van der Waals surface area contributed by atoms with Crippen molar-refractivity contribution in [2.45, 2.75) is 38.5 Å². The maximum atomic E-state index is 12.9. The SMILES string of the molecule is O=C(NC(=S)Nc1ccccc1[N+](=O)[O-])C12CC3CC(CC(C3)C1)C2. The van der Waals surface area contributed by atoms with Gasteiger partial charge < -0.3 is 10.6 Å². The van der Waals surface area contributed by atoms with Crippen molar-refractivity contribution in [3.05, 3.63) is 34.4 Å². The zero-order valence-electron chi connectivity index (χ0n) is 13.9. The zero-order chi connectivity index (χ0) is 17.6. The Hall–Kier alpha value is -2.02. The van der Waals surface area contributed by atoms with Gasteiger partial charge in [0.2, 0.25) is 5.91 Å². The summed E-state index contributed by atoms with van der Waals surface area (Å²) >= 11 is 5.25. The first-order chi connectivity index (χ1) is 11.9. The molecule has 2 N–H and O–H groups in total. The first-order valence-electron chi connectivity index (χ1n) is 8.81. The molecule has 0 aliphatic heterocycles. The fraction of sp³-hybridized carbons (Fsp3) is 0.556. The number of carbonyl (C=O) groups is 1. The first kappa shape index (κ1) is 16.4. The van der Waals surface area contributed by atoms with Crippen LogP contribution in [0.4, 0.5) is 11.4 Å². The van der Waals surface area contributed by atoms with Crippen LogP contribution in [0.1, 0.15) is 38.5 Å². The number of hydrogen-bond donors (Lipinski definition) is 2. The summed E-state index contributed by atoms with van der Waals surface area (Å²) in [7, 11) is 0. The van der Waals surface area contributed by atoms with Crippen LogP contribution in [0.5, 0.6) is 0 Å². The number of amides is 1. The van der Waals surface area contributed by atoms with Crippen LogP contribution >= 0.6 is 12.2 Å². The molecule has 132 valence electrons. The summed E-state index contributed by atoms with van der Waals surface area (Å²) in [6.07, 6.45) is 6.68. The average Bonchev–Trinajstić information content (AvgIpc) is 2.53. The second-order valence-corrected chi connectivity index (χ2v) is 8.29. The first-order valence-corrected chi connectivity index (χ1v) is 9.22. The van der Waals surface area contributed by atoms with Crippen molar-refractivity contribution in [1.82, 2.24) is 5.32 Å². The number of benzene rings is 1. The Kier molecular flexibility index (Phi) is 3.98. The number of nitrogens with zero attached hydrogens (tertiary/aromatic N) is 1. The Labute approximate surface area is 151 Å². The maximum absolute atomic E-state index is 12.9. The molecule has 4 aliphatic carbocycles. The highest BCUT2D eigenvalue weighted by Crippen LogP contribution is 2.60. The quantitative estimate of drug-likeness (QED) is 0.489. The predicted octanol–water partition coefficient (Wildman–Crippen LogP) is 3.62. The second-order valence-electron chi connectivity index (χ2n) is 7.88. The van der Waals surface area contributed by atoms with Crippen molar-refractivity contribution < 1.29 is 9.72 Å². The number of hydrogen-bond acceptors (Lipinski definition) is 4. The van der Waals surface area contributed by atoms with Gasteiger partial charge in [0.05, 0.1) is 10.3 Å². The number of carbonyl (C=O) groups excluding carboxylic acids is 1. The lowest BCUT2D eigenvalue weighted by atomic mass is 9.49. The van der Waals surface area contributed by atoms with E-state index in [1.807, 2.05) is 0 Å². The monoisotopic (exact) mass is 359 g/mol. The van der Waals surface area contributed by atoms with Crippen LogP contribution in [0.2, 0.25) is 0 Å². The normalized spacial score (nSPS) is 32.2. The second kappa shape index (κ2) is 6.05. The van der Waals surface area contributed by atoms with Crippen molar-refractivity contribution in [2.75, 3.05) is 5.32 Å². The van der Waals surface area contributed by atoms with Gasteiger partial charge in [0.15, 0.2) is 5.11 Å². The van der Waals surface area contributed by atoms with E-state index in [0.29, 0.717) is 23.4 Å². The molecule has 4 saturated carbocycles. The molecule has 5 rings (SSSR count). The van der Waals surface area contributed by atoms with Gasteiger partial charge in [-0.05, 0) is 74.6 Å². The maximum Gasteiger partial charge on any atom is 0.292 e. The van der Waals surface area contributed by atoms with Crippen LogP contribution in [0.25, 0.3) is 0 Å². The van der Waals surface area contributed by atoms with Gasteiger partial charge in [0.1, 0.15) is 5.69 Å². The zero-order valence-corrected chi connectivity index (χ0v) is 14.7. The summed E-state index contributed by atoms with van der Waals surface area (Å²) in [5, 5.41) is 16.8. The van der Waals surface area contributed by atoms with Crippen molar-refractivity contribution in [1.29, 1.82) is 0 Å². The topological polar surface area (TPSA) is 84.3 Å². The van der Waals surface area contributed by atoms with Crippen LogP contribution in [-0.4, -0.2) is 15.9 Å². The van der Waals surface area contributed by atoms with Gasteiger partial charge in [-0.1, -0.05) is 12.1 Å². The highest BCUT2D eigenvalue weighted by molar-refractivity contribution is 7.80. The molecule has 25 heavy (non-hydrogen) atoms. The average molecular weight is 359 g/mol. The van der Waals surface area contributed by atoms with Crippen molar-refractivity contribution in [3.63, 3.8) is 0 Å². The van der Waals surface area contributed by atoms with Gasteiger partial charge in [-0.25, -0.2) is 0 Å². The Morgan fingerprint density at radius 2 is 1.68 bits per heavy atom. The lowest BCUT2D eigenvalue weighted by Crippen LogP contribution is -2.55. The van der Waals surface area contributed by atoms with E-state index in [4.69, 9.17) is 12.2 Å². The highest BCUT2D eigenvalue weighted by atomic mass is 32.1. The molecule has 0 atom stereocenters. The predicted molar refractivity (Wildman–Crippen MR) is 98.1 cm³/mol. The Bertz CT molecular complexity index is 714. The minimum Gasteiger partial charge on any atom is -0.327 e. The van der Waals surface area contributed by atoms with Crippen molar-refractivity contribution in [2.24, 2.45) is 23.2 Å². The fourth-order valence-electron chi connectivity index (χ4n) is 5.52. The fourth-order valence-corrected chi connectivity index (χ4v) is 5.72. The van der Waals surface area contributed by atoms with Gasteiger partial charge in [0.25, 0.3) is 5.69 Å². The van der Waals surface area contributed by atoms with E-state index in [0.717, 1.165) is 19.3 Å². The molecular formula is C18H21N3O3S. The number of para-hydroxylation sites is 2. The number of nitro benzene ring substituents is 1. The third-order valence-corrected chi connectivity index (χ3v) is 6.30. The molecule has 0 spiro atoms. The molecule has 0 radical (unpaired) electrons. The van der Waals surface area contributed by atoms with Crippen LogP contribution < -0.4 is 10.6 Å². The van der Waals surface area contributed by atoms with E-state index >= 15 is 0 Å². The number of thiocarbonyl (C=S) groups is 1. The largest absolute Gasteiger partial charge is 0.327 e. The summed E-state index contributed by atoms with van der Waals surface area (Å²) in [6, 6.07) is 6.28. The minimum atomic E-state index is -0.466. The summed E-state index contributed by atoms with van der Waals surface area (Å²) < 4.78 is 0. The minimum absolute atomic E-state index is 0.0114. The van der Waals surface area contributed by atoms with E-state index < -0.39 is 4.92 Å². The standard InChI is InChI=1S/C18H21N3O3S/c22-16(18-8-11-5-12(9-18)7-13(6-11)10-18)20-17(25)19-14-3-1-2-4-15(14)21(23)24/h1-4,11-13H,5-10H2,(H2,19,20,22,25). The third-order valence-electron chi connectivity index (χ3n) is 6.10. The van der Waals surface area contributed by atoms with Gasteiger partial charge in [-0.2, -0.15) is 0 Å². The molecule has 0 heterocycles. The van der Waals surface area contributed by atoms with Gasteiger partial charge in [-0.15, -0.1) is 0 Å². The molecule has 0 unspecified atom stereocenters. The Morgan fingerprint density at radius 1 is 1.12 bits per heavy atom. The van der Waals surface area contributed by atoms with Crippen LogP contribution in [0.3, 0.4) is 0 Å². The van der Waals surface area contributed by atoms with Gasteiger partial charge in [-0.3, -0.25) is 14.9 Å². The number of rotatable bonds is 3. The van der Waals surface area contributed by atoms with E-state index in [1.54, 1.807) is 18.2 Å². The van der Waals surface area contributed by atoms with E-state index in [9.17, 15) is 14.9 Å². The lowest BCUT2D eigenvalue weighted by Gasteiger charge is -2.55. The molecule has 7 heteroatoms. The molecule has 1 aromatic rings. The molecule has 4 bridgehead atoms. The summed E-state index contributed by atoms with van der Waals surface area (Å²) in [4.78, 5) is 23.6. The number of nitrogens with one attached hydrogen (secondary N) is 2. The molecule has 1 amide bonds. The van der Waals surface area contributed by atoms with Crippen molar-refractivity contribution in [3.8, 4) is 0 Å². The van der Waals surface area contributed by atoms with Gasteiger partial charge in [0, 0.05) is 6.07 Å². The third kappa shape index (κ3) is 3.01. The molecule has 6 nitrogen and oxygen atoms in total. The van der Waals surface area contributed by atoms with Crippen molar-refractivity contribution >= 4 is 34.6 Å². The number of anilines is 1. The van der Waals surface area contributed by atoms with Crippen LogP contribution in [0, 0.1) is 33.3 Å². The molecule has 0 saturated heterocycles. The Morgan fingerprint density at radius 3 is 2.24 bits per heavy atom. The highest BCUT2D eigenvalue weighted by Gasteiger charge is 2.54. The summed E-state index contributed by atoms with van der Waals surface area (Å²) in [5.41, 5.74) is -0.0550. The summed E-state index contributed by atoms with van der Waals surface area (Å²) in [6.45, 7) is 0. The van der Waals surface area contributed by atoms with Crippen LogP contribution in [-0.2, 0) is 4.79 Å². The number of nitro groups is 1. The Balaban J connectivity index is 1.45. The van der Waals surface area contributed by atoms with E-state index in [2.05, 4.69) is 10.6 Å².